The van der Waals surface area contributed by atoms with E-state index in [9.17, 15) is 13.2 Å². The predicted molar refractivity (Wildman–Crippen MR) is 79.2 cm³/mol. The monoisotopic (exact) mass is 319 g/mol. The standard InChI is InChI=1S/C13H25N3O4S/c1-11-9-15-7-4-3-5-12(15)10-16(11)21(19,20)14(2)8-6-13(17)18/h11-12H,3-10H2,1-2H3,(H,17,18). The number of fused-ring (bicyclic) bond motifs is 1. The van der Waals surface area contributed by atoms with E-state index < -0.39 is 16.2 Å². The number of rotatable bonds is 5. The number of carboxylic acid groups (broad SMARTS) is 1. The zero-order chi connectivity index (χ0) is 15.6. The van der Waals surface area contributed by atoms with Crippen LogP contribution in [0.2, 0.25) is 0 Å². The SMILES string of the molecule is CC1CN2CCCCC2CN1S(=O)(=O)N(C)CCC(=O)O. The Labute approximate surface area is 126 Å². The molecule has 0 amide bonds. The Balaban J connectivity index is 2.06. The molecule has 122 valence electrons. The van der Waals surface area contributed by atoms with Crippen molar-refractivity contribution in [2.75, 3.05) is 33.2 Å². The number of aliphatic carboxylic acids is 1. The normalized spacial score (nSPS) is 28.5. The molecule has 0 saturated carbocycles. The van der Waals surface area contributed by atoms with E-state index in [2.05, 4.69) is 4.90 Å². The molecule has 2 atom stereocenters. The van der Waals surface area contributed by atoms with Crippen molar-refractivity contribution in [2.24, 2.45) is 0 Å². The average molecular weight is 319 g/mol. The van der Waals surface area contributed by atoms with Gasteiger partial charge in [0.2, 0.25) is 0 Å². The third kappa shape index (κ3) is 3.74. The van der Waals surface area contributed by atoms with Gasteiger partial charge in [-0.1, -0.05) is 6.42 Å². The first-order valence-electron chi connectivity index (χ1n) is 7.51. The molecule has 2 aliphatic heterocycles. The number of carboxylic acids is 1. The number of hydrogen-bond donors (Lipinski definition) is 1. The van der Waals surface area contributed by atoms with Crippen LogP contribution in [-0.2, 0) is 15.0 Å². The quantitative estimate of drug-likeness (QED) is 0.783. The third-order valence-corrected chi connectivity index (χ3v) is 6.53. The molecule has 0 aromatic carbocycles. The fraction of sp³-hybridized carbons (Fsp3) is 0.923. The Morgan fingerprint density at radius 1 is 1.33 bits per heavy atom. The van der Waals surface area contributed by atoms with Crippen LogP contribution in [0.1, 0.15) is 32.6 Å². The fourth-order valence-corrected chi connectivity index (χ4v) is 4.76. The summed E-state index contributed by atoms with van der Waals surface area (Å²) in [6, 6.07) is 0.231. The highest BCUT2D eigenvalue weighted by molar-refractivity contribution is 7.86. The van der Waals surface area contributed by atoms with E-state index in [4.69, 9.17) is 5.11 Å². The van der Waals surface area contributed by atoms with Crippen molar-refractivity contribution in [3.05, 3.63) is 0 Å². The Bertz CT molecular complexity index is 482. The Kier molecular flexibility index (Phi) is 5.24. The molecule has 0 aromatic heterocycles. The van der Waals surface area contributed by atoms with E-state index in [0.717, 1.165) is 30.2 Å². The number of hydrogen-bond acceptors (Lipinski definition) is 4. The average Bonchev–Trinajstić information content (AvgIpc) is 2.43. The Morgan fingerprint density at radius 3 is 2.71 bits per heavy atom. The lowest BCUT2D eigenvalue weighted by molar-refractivity contribution is -0.137. The van der Waals surface area contributed by atoms with Crippen molar-refractivity contribution < 1.29 is 18.3 Å². The van der Waals surface area contributed by atoms with Crippen molar-refractivity contribution >= 4 is 16.2 Å². The molecule has 7 nitrogen and oxygen atoms in total. The minimum Gasteiger partial charge on any atom is -0.481 e. The van der Waals surface area contributed by atoms with Crippen LogP contribution in [0.5, 0.6) is 0 Å². The molecule has 0 spiro atoms. The second-order valence-electron chi connectivity index (χ2n) is 6.04. The summed E-state index contributed by atoms with van der Waals surface area (Å²) in [5, 5.41) is 8.70. The third-order valence-electron chi connectivity index (χ3n) is 4.46. The molecule has 2 unspecified atom stereocenters. The topological polar surface area (TPSA) is 81.2 Å². The van der Waals surface area contributed by atoms with Crippen molar-refractivity contribution in [1.29, 1.82) is 0 Å². The van der Waals surface area contributed by atoms with Crippen molar-refractivity contribution in [2.45, 2.75) is 44.7 Å². The van der Waals surface area contributed by atoms with Gasteiger partial charge in [0, 0.05) is 38.8 Å². The summed E-state index contributed by atoms with van der Waals surface area (Å²) in [5.74, 6) is -0.984. The van der Waals surface area contributed by atoms with Gasteiger partial charge in [-0.15, -0.1) is 0 Å². The first-order chi connectivity index (χ1) is 9.82. The molecular weight excluding hydrogens is 294 g/mol. The maximum absolute atomic E-state index is 12.6. The van der Waals surface area contributed by atoms with Gasteiger partial charge in [-0.2, -0.15) is 17.0 Å². The van der Waals surface area contributed by atoms with Gasteiger partial charge in [-0.3, -0.25) is 9.69 Å². The van der Waals surface area contributed by atoms with Crippen LogP contribution in [0.3, 0.4) is 0 Å². The van der Waals surface area contributed by atoms with E-state index >= 15 is 0 Å². The number of piperazine rings is 1. The van der Waals surface area contributed by atoms with Gasteiger partial charge in [0.05, 0.1) is 6.42 Å². The minimum absolute atomic E-state index is 0.00919. The van der Waals surface area contributed by atoms with E-state index in [-0.39, 0.29) is 19.0 Å². The largest absolute Gasteiger partial charge is 0.481 e. The lowest BCUT2D eigenvalue weighted by Crippen LogP contribution is -2.61. The summed E-state index contributed by atoms with van der Waals surface area (Å²) in [5.41, 5.74) is 0. The molecule has 0 bridgehead atoms. The molecule has 2 saturated heterocycles. The van der Waals surface area contributed by atoms with Gasteiger partial charge in [0.1, 0.15) is 0 Å². The lowest BCUT2D eigenvalue weighted by atomic mass is 9.99. The molecule has 0 radical (unpaired) electrons. The van der Waals surface area contributed by atoms with E-state index in [1.54, 1.807) is 4.31 Å². The number of nitrogens with zero attached hydrogens (tertiary/aromatic N) is 3. The summed E-state index contributed by atoms with van der Waals surface area (Å²) < 4.78 is 28.0. The molecule has 21 heavy (non-hydrogen) atoms. The molecule has 0 aromatic rings. The smallest absolute Gasteiger partial charge is 0.304 e. The van der Waals surface area contributed by atoms with Crippen LogP contribution in [0, 0.1) is 0 Å². The molecular formula is C13H25N3O4S. The zero-order valence-electron chi connectivity index (χ0n) is 12.7. The highest BCUT2D eigenvalue weighted by Gasteiger charge is 2.40. The first kappa shape index (κ1) is 16.7. The maximum Gasteiger partial charge on any atom is 0.304 e. The van der Waals surface area contributed by atoms with E-state index in [1.807, 2.05) is 6.92 Å². The van der Waals surface area contributed by atoms with E-state index in [0.29, 0.717) is 12.6 Å². The van der Waals surface area contributed by atoms with Gasteiger partial charge in [-0.05, 0) is 26.3 Å². The molecule has 2 aliphatic rings. The summed E-state index contributed by atoms with van der Waals surface area (Å²) in [4.78, 5) is 13.0. The first-order valence-corrected chi connectivity index (χ1v) is 8.91. The Hall–Kier alpha value is -0.700. The lowest BCUT2D eigenvalue weighted by Gasteiger charge is -2.47. The maximum atomic E-state index is 12.6. The molecule has 8 heteroatoms. The second kappa shape index (κ2) is 6.60. The fourth-order valence-electron chi connectivity index (χ4n) is 3.19. The van der Waals surface area contributed by atoms with Crippen LogP contribution >= 0.6 is 0 Å². The van der Waals surface area contributed by atoms with Gasteiger partial charge >= 0.3 is 5.97 Å². The van der Waals surface area contributed by atoms with Crippen molar-refractivity contribution in [3.8, 4) is 0 Å². The van der Waals surface area contributed by atoms with Crippen LogP contribution in [0.4, 0.5) is 0 Å². The summed E-state index contributed by atoms with van der Waals surface area (Å²) in [6.45, 7) is 4.26. The number of piperidine rings is 1. The minimum atomic E-state index is -3.58. The van der Waals surface area contributed by atoms with Crippen molar-refractivity contribution in [3.63, 3.8) is 0 Å². The molecule has 1 N–H and O–H groups in total. The Morgan fingerprint density at radius 2 is 2.05 bits per heavy atom. The second-order valence-corrected chi connectivity index (χ2v) is 8.02. The van der Waals surface area contributed by atoms with Crippen LogP contribution in [0.15, 0.2) is 0 Å². The molecule has 2 fully saturated rings. The predicted octanol–water partition coefficient (Wildman–Crippen LogP) is 0.196. The van der Waals surface area contributed by atoms with Crippen LogP contribution in [0.25, 0.3) is 0 Å². The molecule has 0 aliphatic carbocycles. The van der Waals surface area contributed by atoms with Crippen LogP contribution < -0.4 is 0 Å². The highest BCUT2D eigenvalue weighted by Crippen LogP contribution is 2.26. The highest BCUT2D eigenvalue weighted by atomic mass is 32.2. The van der Waals surface area contributed by atoms with E-state index in [1.165, 1.54) is 13.5 Å². The molecule has 2 rings (SSSR count). The van der Waals surface area contributed by atoms with Gasteiger partial charge in [0.25, 0.3) is 10.2 Å². The summed E-state index contributed by atoms with van der Waals surface area (Å²) >= 11 is 0. The molecule has 2 heterocycles. The van der Waals surface area contributed by atoms with Crippen molar-refractivity contribution in [1.82, 2.24) is 13.5 Å². The van der Waals surface area contributed by atoms with Gasteiger partial charge in [0.15, 0.2) is 0 Å². The summed E-state index contributed by atoms with van der Waals surface area (Å²) in [6.07, 6.45) is 3.21. The zero-order valence-corrected chi connectivity index (χ0v) is 13.5. The van der Waals surface area contributed by atoms with Gasteiger partial charge in [-0.25, -0.2) is 0 Å². The van der Waals surface area contributed by atoms with Gasteiger partial charge < -0.3 is 5.11 Å². The number of carbonyl (C=O) groups is 1. The summed E-state index contributed by atoms with van der Waals surface area (Å²) in [7, 11) is -2.12. The van der Waals surface area contributed by atoms with Crippen LogP contribution in [-0.4, -0.2) is 78.3 Å².